The Balaban J connectivity index is 2.68. The molecule has 4 heteroatoms. The number of rotatable bonds is 4. The normalized spacial score (nSPS) is 10.8. The second-order valence-electron chi connectivity index (χ2n) is 4.03. The highest BCUT2D eigenvalue weighted by Crippen LogP contribution is 2.23. The Hall–Kier alpha value is -1.42. The smallest absolute Gasteiger partial charge is 0.191 e. The summed E-state index contributed by atoms with van der Waals surface area (Å²) < 4.78 is 0. The van der Waals surface area contributed by atoms with E-state index in [1.807, 2.05) is 25.1 Å². The van der Waals surface area contributed by atoms with Gasteiger partial charge < -0.3 is 5.32 Å². The van der Waals surface area contributed by atoms with Gasteiger partial charge in [0.05, 0.1) is 0 Å². The molecule has 0 aromatic heterocycles. The lowest BCUT2D eigenvalue weighted by Crippen LogP contribution is -2.24. The van der Waals surface area contributed by atoms with Gasteiger partial charge in [0.15, 0.2) is 5.11 Å². The van der Waals surface area contributed by atoms with E-state index in [4.69, 9.17) is 12.2 Å². The Morgan fingerprint density at radius 3 is 2.76 bits per heavy atom. The molecule has 0 heterocycles. The van der Waals surface area contributed by atoms with Gasteiger partial charge in [-0.2, -0.15) is 5.10 Å². The van der Waals surface area contributed by atoms with Crippen LogP contribution >= 0.6 is 12.2 Å². The van der Waals surface area contributed by atoms with Gasteiger partial charge in [0.1, 0.15) is 0 Å². The van der Waals surface area contributed by atoms with E-state index in [1.165, 1.54) is 5.56 Å². The average Bonchev–Trinajstić information content (AvgIpc) is 2.29. The molecule has 92 valence electrons. The van der Waals surface area contributed by atoms with Crippen molar-refractivity contribution in [2.75, 3.05) is 5.32 Å². The van der Waals surface area contributed by atoms with E-state index in [-0.39, 0.29) is 0 Å². The zero-order valence-corrected chi connectivity index (χ0v) is 11.3. The SMILES string of the molecule is CC/C=N/NC(=S)Nc1ccccc1C(C)C. The largest absolute Gasteiger partial charge is 0.331 e. The summed E-state index contributed by atoms with van der Waals surface area (Å²) in [6.07, 6.45) is 2.67. The average molecular weight is 249 g/mol. The third-order valence-corrected chi connectivity index (χ3v) is 2.46. The lowest BCUT2D eigenvalue weighted by molar-refractivity contribution is 0.869. The van der Waals surface area contributed by atoms with Gasteiger partial charge in [0.2, 0.25) is 0 Å². The lowest BCUT2D eigenvalue weighted by Gasteiger charge is -2.14. The van der Waals surface area contributed by atoms with Crippen LogP contribution < -0.4 is 10.7 Å². The molecule has 0 saturated carbocycles. The van der Waals surface area contributed by atoms with Crippen LogP contribution in [0.3, 0.4) is 0 Å². The van der Waals surface area contributed by atoms with Crippen molar-refractivity contribution in [3.05, 3.63) is 29.8 Å². The number of hydrogen-bond donors (Lipinski definition) is 2. The topological polar surface area (TPSA) is 36.4 Å². The molecule has 0 amide bonds. The highest BCUT2D eigenvalue weighted by atomic mass is 32.1. The Morgan fingerprint density at radius 1 is 1.41 bits per heavy atom. The molecule has 0 aliphatic carbocycles. The molecule has 1 aromatic rings. The number of hydrazone groups is 1. The quantitative estimate of drug-likeness (QED) is 0.487. The summed E-state index contributed by atoms with van der Waals surface area (Å²) in [5.41, 5.74) is 5.07. The van der Waals surface area contributed by atoms with E-state index in [2.05, 4.69) is 35.8 Å². The van der Waals surface area contributed by atoms with Gasteiger partial charge in [-0.3, -0.25) is 5.43 Å². The molecule has 3 nitrogen and oxygen atoms in total. The van der Waals surface area contributed by atoms with Gasteiger partial charge in [-0.1, -0.05) is 39.0 Å². The number of para-hydroxylation sites is 1. The molecular formula is C13H19N3S. The first-order valence-corrected chi connectivity index (χ1v) is 6.23. The standard InChI is InChI=1S/C13H19N3S/c1-4-9-14-16-13(17)15-12-8-6-5-7-11(12)10(2)3/h5-10H,4H2,1-3H3,(H2,15,16,17)/b14-9+. The second kappa shape index (κ2) is 7.01. The summed E-state index contributed by atoms with van der Waals surface area (Å²) in [6.45, 7) is 6.34. The fraction of sp³-hybridized carbons (Fsp3) is 0.385. The molecule has 0 aliphatic heterocycles. The van der Waals surface area contributed by atoms with Gasteiger partial charge >= 0.3 is 0 Å². The highest BCUT2D eigenvalue weighted by Gasteiger charge is 2.06. The van der Waals surface area contributed by atoms with E-state index in [0.29, 0.717) is 11.0 Å². The Morgan fingerprint density at radius 2 is 2.12 bits per heavy atom. The van der Waals surface area contributed by atoms with Gasteiger partial charge in [-0.15, -0.1) is 0 Å². The molecule has 0 saturated heterocycles. The summed E-state index contributed by atoms with van der Waals surface area (Å²) in [7, 11) is 0. The molecule has 2 N–H and O–H groups in total. The van der Waals surface area contributed by atoms with E-state index in [1.54, 1.807) is 6.21 Å². The molecule has 0 fully saturated rings. The summed E-state index contributed by atoms with van der Waals surface area (Å²) in [6, 6.07) is 8.15. The first-order chi connectivity index (χ1) is 8.15. The number of nitrogens with zero attached hydrogens (tertiary/aromatic N) is 1. The Kier molecular flexibility index (Phi) is 5.63. The number of anilines is 1. The van der Waals surface area contributed by atoms with E-state index in [9.17, 15) is 0 Å². The van der Waals surface area contributed by atoms with Crippen LogP contribution in [0.5, 0.6) is 0 Å². The monoisotopic (exact) mass is 249 g/mol. The van der Waals surface area contributed by atoms with E-state index >= 15 is 0 Å². The lowest BCUT2D eigenvalue weighted by atomic mass is 10.0. The third-order valence-electron chi connectivity index (χ3n) is 2.27. The molecule has 1 aromatic carbocycles. The van der Waals surface area contributed by atoms with Gasteiger partial charge in [-0.05, 0) is 36.2 Å². The fourth-order valence-corrected chi connectivity index (χ4v) is 1.62. The Labute approximate surface area is 108 Å². The van der Waals surface area contributed by atoms with Crippen molar-refractivity contribution in [1.82, 2.24) is 5.43 Å². The number of nitrogens with one attached hydrogen (secondary N) is 2. The Bertz CT molecular complexity index is 399. The van der Waals surface area contributed by atoms with Crippen molar-refractivity contribution in [3.63, 3.8) is 0 Å². The molecular weight excluding hydrogens is 230 g/mol. The van der Waals surface area contributed by atoms with Crippen LogP contribution in [0.15, 0.2) is 29.4 Å². The van der Waals surface area contributed by atoms with Crippen molar-refractivity contribution in [3.8, 4) is 0 Å². The van der Waals surface area contributed by atoms with E-state index in [0.717, 1.165) is 12.1 Å². The molecule has 1 rings (SSSR count). The summed E-state index contributed by atoms with van der Waals surface area (Å²) in [4.78, 5) is 0. The summed E-state index contributed by atoms with van der Waals surface area (Å²) in [5.74, 6) is 0.459. The summed E-state index contributed by atoms with van der Waals surface area (Å²) in [5, 5.41) is 7.66. The van der Waals surface area contributed by atoms with Crippen molar-refractivity contribution >= 4 is 29.2 Å². The zero-order chi connectivity index (χ0) is 12.7. The minimum Gasteiger partial charge on any atom is -0.331 e. The van der Waals surface area contributed by atoms with Crippen LogP contribution in [0.1, 0.15) is 38.7 Å². The second-order valence-corrected chi connectivity index (χ2v) is 4.44. The maximum absolute atomic E-state index is 5.16. The van der Waals surface area contributed by atoms with Crippen molar-refractivity contribution < 1.29 is 0 Å². The first-order valence-electron chi connectivity index (χ1n) is 5.82. The van der Waals surface area contributed by atoms with Crippen molar-refractivity contribution in [2.45, 2.75) is 33.1 Å². The molecule has 0 atom stereocenters. The maximum atomic E-state index is 5.16. The molecule has 0 aliphatic rings. The number of hydrogen-bond acceptors (Lipinski definition) is 2. The van der Waals surface area contributed by atoms with Crippen LogP contribution in [0.4, 0.5) is 5.69 Å². The van der Waals surface area contributed by atoms with Crippen LogP contribution in [0.2, 0.25) is 0 Å². The van der Waals surface area contributed by atoms with E-state index < -0.39 is 0 Å². The van der Waals surface area contributed by atoms with Crippen LogP contribution in [0, 0.1) is 0 Å². The van der Waals surface area contributed by atoms with Crippen molar-refractivity contribution in [2.24, 2.45) is 5.10 Å². The van der Waals surface area contributed by atoms with Gasteiger partial charge in [0, 0.05) is 11.9 Å². The zero-order valence-electron chi connectivity index (χ0n) is 10.5. The molecule has 0 unspecified atom stereocenters. The minimum absolute atomic E-state index is 0.459. The first kappa shape index (κ1) is 13.6. The van der Waals surface area contributed by atoms with Crippen LogP contribution in [-0.2, 0) is 0 Å². The molecule has 0 bridgehead atoms. The third kappa shape index (κ3) is 4.53. The van der Waals surface area contributed by atoms with Gasteiger partial charge in [-0.25, -0.2) is 0 Å². The molecule has 0 spiro atoms. The predicted octanol–water partition coefficient (Wildman–Crippen LogP) is 3.49. The van der Waals surface area contributed by atoms with Gasteiger partial charge in [0.25, 0.3) is 0 Å². The number of thiocarbonyl (C=S) groups is 1. The maximum Gasteiger partial charge on any atom is 0.191 e. The molecule has 17 heavy (non-hydrogen) atoms. The minimum atomic E-state index is 0.459. The van der Waals surface area contributed by atoms with Crippen LogP contribution in [-0.4, -0.2) is 11.3 Å². The van der Waals surface area contributed by atoms with Crippen molar-refractivity contribution in [1.29, 1.82) is 0 Å². The number of benzene rings is 1. The summed E-state index contributed by atoms with van der Waals surface area (Å²) >= 11 is 5.16. The fourth-order valence-electron chi connectivity index (χ4n) is 1.46. The highest BCUT2D eigenvalue weighted by molar-refractivity contribution is 7.80. The molecule has 0 radical (unpaired) electrons. The van der Waals surface area contributed by atoms with Crippen LogP contribution in [0.25, 0.3) is 0 Å². The predicted molar refractivity (Wildman–Crippen MR) is 78.7 cm³/mol.